The molecule has 1 saturated carbocycles. The van der Waals surface area contributed by atoms with Crippen LogP contribution < -0.4 is 0 Å². The van der Waals surface area contributed by atoms with Gasteiger partial charge in [-0.25, -0.2) is 4.79 Å². The smallest absolute Gasteiger partial charge is 0.409 e. The van der Waals surface area contributed by atoms with E-state index >= 15 is 0 Å². The number of esters is 1. The van der Waals surface area contributed by atoms with Crippen molar-refractivity contribution in [1.29, 1.82) is 0 Å². The largest absolute Gasteiger partial charge is 0.459 e. The van der Waals surface area contributed by atoms with E-state index in [0.717, 1.165) is 10.9 Å². The maximum atomic E-state index is 12.5. The van der Waals surface area contributed by atoms with Gasteiger partial charge in [-0.2, -0.15) is 0 Å². The Morgan fingerprint density at radius 3 is 2.62 bits per heavy atom. The minimum atomic E-state index is -0.494. The summed E-state index contributed by atoms with van der Waals surface area (Å²) in [5.74, 6) is 0.0949. The molecular formula is C18H22BrNO4. The molecule has 24 heavy (non-hydrogen) atoms. The van der Waals surface area contributed by atoms with Crippen molar-refractivity contribution in [1.82, 2.24) is 4.90 Å². The quantitative estimate of drug-likeness (QED) is 0.731. The van der Waals surface area contributed by atoms with Crippen molar-refractivity contribution in [3.8, 4) is 0 Å². The number of ether oxygens (including phenoxy) is 2. The van der Waals surface area contributed by atoms with Crippen molar-refractivity contribution >= 4 is 28.0 Å². The fourth-order valence-corrected chi connectivity index (χ4v) is 3.69. The van der Waals surface area contributed by atoms with E-state index in [2.05, 4.69) is 28.1 Å². The Bertz CT molecular complexity index is 640. The molecule has 1 aliphatic heterocycles. The Morgan fingerprint density at radius 2 is 2.00 bits per heavy atom. The summed E-state index contributed by atoms with van der Waals surface area (Å²) in [5, 5.41) is 0. The first kappa shape index (κ1) is 17.3. The SMILES string of the molecule is COC(=O)N1CCC(C)(OC(=O)[C@@H]2C[C@@H]2c2cccc(Br)c2)CC1. The van der Waals surface area contributed by atoms with E-state index in [4.69, 9.17) is 9.47 Å². The number of carbonyl (C=O) groups excluding carboxylic acids is 2. The third-order valence-electron chi connectivity index (χ3n) is 4.97. The Labute approximate surface area is 150 Å². The number of methoxy groups -OCH3 is 1. The number of piperidine rings is 1. The second-order valence-corrected chi connectivity index (χ2v) is 7.75. The van der Waals surface area contributed by atoms with E-state index in [1.165, 1.54) is 12.7 Å². The number of amides is 1. The topological polar surface area (TPSA) is 55.8 Å². The minimum absolute atomic E-state index is 0.0465. The molecule has 1 aromatic carbocycles. The molecule has 130 valence electrons. The van der Waals surface area contributed by atoms with E-state index in [9.17, 15) is 9.59 Å². The number of carbonyl (C=O) groups is 2. The predicted octanol–water partition coefficient (Wildman–Crippen LogP) is 3.72. The van der Waals surface area contributed by atoms with Gasteiger partial charge < -0.3 is 14.4 Å². The van der Waals surface area contributed by atoms with E-state index < -0.39 is 5.60 Å². The van der Waals surface area contributed by atoms with Gasteiger partial charge >= 0.3 is 12.1 Å². The summed E-state index contributed by atoms with van der Waals surface area (Å²) in [4.78, 5) is 25.7. The zero-order chi connectivity index (χ0) is 17.3. The van der Waals surface area contributed by atoms with Gasteiger partial charge in [0, 0.05) is 30.4 Å². The average molecular weight is 396 g/mol. The maximum absolute atomic E-state index is 12.5. The van der Waals surface area contributed by atoms with E-state index in [1.54, 1.807) is 4.90 Å². The van der Waals surface area contributed by atoms with Gasteiger partial charge in [-0.3, -0.25) is 4.79 Å². The first-order chi connectivity index (χ1) is 11.4. The Morgan fingerprint density at radius 1 is 1.29 bits per heavy atom. The number of halogens is 1. The number of hydrogen-bond donors (Lipinski definition) is 0. The maximum Gasteiger partial charge on any atom is 0.409 e. The van der Waals surface area contributed by atoms with Gasteiger partial charge in [0.1, 0.15) is 5.60 Å². The van der Waals surface area contributed by atoms with Gasteiger partial charge in [0.15, 0.2) is 0 Å². The molecule has 1 saturated heterocycles. The normalized spacial score (nSPS) is 25.0. The van der Waals surface area contributed by atoms with Crippen LogP contribution in [0.5, 0.6) is 0 Å². The van der Waals surface area contributed by atoms with Crippen LogP contribution in [0.15, 0.2) is 28.7 Å². The second-order valence-electron chi connectivity index (χ2n) is 6.83. The van der Waals surface area contributed by atoms with Crippen LogP contribution >= 0.6 is 15.9 Å². The summed E-state index contributed by atoms with van der Waals surface area (Å²) in [6.07, 6.45) is 1.81. The van der Waals surface area contributed by atoms with Crippen LogP contribution in [0, 0.1) is 5.92 Å². The van der Waals surface area contributed by atoms with Gasteiger partial charge in [-0.1, -0.05) is 28.1 Å². The number of benzene rings is 1. The minimum Gasteiger partial charge on any atom is -0.459 e. The molecule has 6 heteroatoms. The van der Waals surface area contributed by atoms with Crippen LogP contribution in [0.2, 0.25) is 0 Å². The summed E-state index contributed by atoms with van der Waals surface area (Å²) in [6.45, 7) is 3.06. The van der Waals surface area contributed by atoms with Crippen molar-refractivity contribution in [2.24, 2.45) is 5.92 Å². The monoisotopic (exact) mass is 395 g/mol. The number of nitrogens with zero attached hydrogens (tertiary/aromatic N) is 1. The van der Waals surface area contributed by atoms with Crippen molar-refractivity contribution < 1.29 is 19.1 Å². The third-order valence-corrected chi connectivity index (χ3v) is 5.46. The van der Waals surface area contributed by atoms with E-state index in [-0.39, 0.29) is 23.9 Å². The lowest BCUT2D eigenvalue weighted by atomic mass is 9.93. The summed E-state index contributed by atoms with van der Waals surface area (Å²) < 4.78 is 11.6. The lowest BCUT2D eigenvalue weighted by Crippen LogP contribution is -2.47. The fourth-order valence-electron chi connectivity index (χ4n) is 3.27. The fraction of sp³-hybridized carbons (Fsp3) is 0.556. The Kier molecular flexibility index (Phi) is 4.85. The van der Waals surface area contributed by atoms with Crippen LogP contribution in [0.4, 0.5) is 4.79 Å². The first-order valence-electron chi connectivity index (χ1n) is 8.23. The van der Waals surface area contributed by atoms with Crippen molar-refractivity contribution in [2.75, 3.05) is 20.2 Å². The van der Waals surface area contributed by atoms with Crippen molar-refractivity contribution in [3.63, 3.8) is 0 Å². The average Bonchev–Trinajstić information content (AvgIpc) is 3.35. The van der Waals surface area contributed by atoms with Gasteiger partial charge in [0.25, 0.3) is 0 Å². The highest BCUT2D eigenvalue weighted by molar-refractivity contribution is 9.10. The zero-order valence-corrected chi connectivity index (χ0v) is 15.5. The third kappa shape index (κ3) is 3.74. The van der Waals surface area contributed by atoms with E-state index in [1.807, 2.05) is 19.1 Å². The second kappa shape index (κ2) is 6.75. The highest BCUT2D eigenvalue weighted by atomic mass is 79.9. The lowest BCUT2D eigenvalue weighted by Gasteiger charge is -2.38. The summed E-state index contributed by atoms with van der Waals surface area (Å²) in [6, 6.07) is 8.09. The highest BCUT2D eigenvalue weighted by Gasteiger charge is 2.47. The molecule has 0 unspecified atom stereocenters. The molecule has 5 nitrogen and oxygen atoms in total. The standard InChI is InChI=1S/C18H22BrNO4/c1-18(6-8-20(9-7-18)17(22)23-2)24-16(21)15-11-14(15)12-4-3-5-13(19)10-12/h3-5,10,14-15H,6-9,11H2,1-2H3/t14-,15-/m1/s1. The predicted molar refractivity (Wildman–Crippen MR) is 92.7 cm³/mol. The molecule has 1 heterocycles. The van der Waals surface area contributed by atoms with Crippen molar-refractivity contribution in [3.05, 3.63) is 34.3 Å². The summed E-state index contributed by atoms with van der Waals surface area (Å²) >= 11 is 3.47. The molecule has 2 aliphatic rings. The van der Waals surface area contributed by atoms with Crippen LogP contribution in [-0.4, -0.2) is 42.8 Å². The first-order valence-corrected chi connectivity index (χ1v) is 9.02. The van der Waals surface area contributed by atoms with Crippen LogP contribution in [0.1, 0.15) is 37.7 Å². The number of rotatable bonds is 3. The molecular weight excluding hydrogens is 374 g/mol. The number of likely N-dealkylation sites (tertiary alicyclic amines) is 1. The molecule has 1 aromatic rings. The molecule has 2 fully saturated rings. The Hall–Kier alpha value is -1.56. The van der Waals surface area contributed by atoms with Crippen LogP contribution in [0.3, 0.4) is 0 Å². The molecule has 0 spiro atoms. The molecule has 2 atom stereocenters. The summed E-state index contributed by atoms with van der Waals surface area (Å²) in [5.41, 5.74) is 0.684. The molecule has 0 bridgehead atoms. The zero-order valence-electron chi connectivity index (χ0n) is 14.0. The van der Waals surface area contributed by atoms with Crippen LogP contribution in [-0.2, 0) is 14.3 Å². The molecule has 0 radical (unpaired) electrons. The highest BCUT2D eigenvalue weighted by Crippen LogP contribution is 2.49. The number of hydrogen-bond acceptors (Lipinski definition) is 4. The Balaban J connectivity index is 1.54. The van der Waals surface area contributed by atoms with Crippen LogP contribution in [0.25, 0.3) is 0 Å². The summed E-state index contributed by atoms with van der Waals surface area (Å²) in [7, 11) is 1.38. The molecule has 0 N–H and O–H groups in total. The lowest BCUT2D eigenvalue weighted by molar-refractivity contribution is -0.163. The van der Waals surface area contributed by atoms with Gasteiger partial charge in [0.05, 0.1) is 13.0 Å². The molecule has 1 amide bonds. The van der Waals surface area contributed by atoms with Gasteiger partial charge in [0.2, 0.25) is 0 Å². The van der Waals surface area contributed by atoms with Gasteiger partial charge in [-0.05, 0) is 37.0 Å². The van der Waals surface area contributed by atoms with Gasteiger partial charge in [-0.15, -0.1) is 0 Å². The van der Waals surface area contributed by atoms with Crippen molar-refractivity contribution in [2.45, 2.75) is 37.7 Å². The molecule has 1 aliphatic carbocycles. The molecule has 3 rings (SSSR count). The van der Waals surface area contributed by atoms with E-state index in [0.29, 0.717) is 25.9 Å². The molecule has 0 aromatic heterocycles.